The lowest BCUT2D eigenvalue weighted by Gasteiger charge is -2.37. The zero-order chi connectivity index (χ0) is 50.7. The summed E-state index contributed by atoms with van der Waals surface area (Å²) in [4.78, 5) is 65.3. The molecule has 1 aliphatic carbocycles. The molecule has 71 heavy (non-hydrogen) atoms. The smallest absolute Gasteiger partial charge is 0.339 e. The van der Waals surface area contributed by atoms with Gasteiger partial charge in [-0.25, -0.2) is 9.59 Å². The third kappa shape index (κ3) is 9.09. The minimum absolute atomic E-state index is 0.0375. The number of allylic oxidation sites excluding steroid dienone is 3. The Morgan fingerprint density at radius 2 is 1.21 bits per heavy atom. The molecule has 9 rings (SSSR count). The molecule has 3 atom stereocenters. The van der Waals surface area contributed by atoms with Crippen molar-refractivity contribution in [2.24, 2.45) is 11.3 Å². The Balaban J connectivity index is 0.896. The number of anilines is 2. The minimum Gasteiger partial charge on any atom is -0.339 e. The third-order valence-electron chi connectivity index (χ3n) is 14.4. The molecule has 0 bridgehead atoms. The first-order chi connectivity index (χ1) is 33.7. The largest absolute Gasteiger partial charge is 0.416 e. The molecule has 1 fully saturated rings. The summed E-state index contributed by atoms with van der Waals surface area (Å²) in [6, 6.07) is 13.9. The van der Waals surface area contributed by atoms with Crippen molar-refractivity contribution in [2.75, 3.05) is 62.2 Å². The summed E-state index contributed by atoms with van der Waals surface area (Å²) in [5.74, 6) is -1.04. The zero-order valence-electron chi connectivity index (χ0n) is 39.0. The lowest BCUT2D eigenvalue weighted by molar-refractivity contribution is -0.138. The first-order valence-corrected chi connectivity index (χ1v) is 23.3. The van der Waals surface area contributed by atoms with Crippen LogP contribution in [0.15, 0.2) is 119 Å². The van der Waals surface area contributed by atoms with E-state index in [1.807, 2.05) is 18.2 Å². The van der Waals surface area contributed by atoms with Crippen molar-refractivity contribution in [3.05, 3.63) is 141 Å². The van der Waals surface area contributed by atoms with Crippen LogP contribution < -0.4 is 20.4 Å². The molecule has 6 aliphatic rings. The molecule has 0 radical (unpaired) electrons. The van der Waals surface area contributed by atoms with E-state index in [4.69, 9.17) is 5.41 Å². The molecule has 1 saturated heterocycles. The molecule has 3 aromatic rings. The molecule has 370 valence electrons. The fourth-order valence-electron chi connectivity index (χ4n) is 10.1. The number of rotatable bonds is 12. The van der Waals surface area contributed by atoms with Crippen molar-refractivity contribution in [1.29, 1.82) is 10.7 Å². The van der Waals surface area contributed by atoms with Crippen LogP contribution in [0.2, 0.25) is 0 Å². The molecule has 0 spiro atoms. The van der Waals surface area contributed by atoms with Crippen LogP contribution in [0, 0.1) is 28.1 Å². The Bertz CT molecular complexity index is 2880. The number of nitrogens with one attached hydrogen (secondary N) is 3. The minimum atomic E-state index is -4.70. The van der Waals surface area contributed by atoms with Gasteiger partial charge < -0.3 is 30.2 Å². The fourth-order valence-corrected chi connectivity index (χ4v) is 10.1. The van der Waals surface area contributed by atoms with E-state index in [1.54, 1.807) is 21.9 Å². The Labute approximate surface area is 405 Å². The maximum Gasteiger partial charge on any atom is 0.416 e. The molecule has 1 unspecified atom stereocenters. The summed E-state index contributed by atoms with van der Waals surface area (Å²) in [6.45, 7) is 7.50. The molecule has 0 aromatic heterocycles. The summed E-state index contributed by atoms with van der Waals surface area (Å²) in [7, 11) is 0. The van der Waals surface area contributed by atoms with Crippen LogP contribution in [0.25, 0.3) is 0 Å². The highest BCUT2D eigenvalue weighted by Crippen LogP contribution is 2.43. The molecule has 5 heterocycles. The maximum atomic E-state index is 14.5. The Morgan fingerprint density at radius 3 is 1.70 bits per heavy atom. The van der Waals surface area contributed by atoms with Crippen LogP contribution >= 0.6 is 0 Å². The van der Waals surface area contributed by atoms with Gasteiger partial charge in [-0.1, -0.05) is 63.3 Å². The predicted molar refractivity (Wildman–Crippen MR) is 250 cm³/mol. The van der Waals surface area contributed by atoms with Crippen LogP contribution in [0.5, 0.6) is 0 Å². The molecule has 20 heteroatoms. The van der Waals surface area contributed by atoms with Crippen molar-refractivity contribution in [3.8, 4) is 6.07 Å². The first kappa shape index (κ1) is 48.5. The molecular formula is C51H50F6N10O4. The first-order valence-electron chi connectivity index (χ1n) is 23.3. The molecule has 14 nitrogen and oxygen atoms in total. The summed E-state index contributed by atoms with van der Waals surface area (Å²) >= 11 is 0. The van der Waals surface area contributed by atoms with Gasteiger partial charge in [0.2, 0.25) is 0 Å². The molecule has 3 aromatic carbocycles. The normalized spacial score (nSPS) is 21.8. The van der Waals surface area contributed by atoms with Crippen LogP contribution in [-0.4, -0.2) is 108 Å². The number of urea groups is 2. The van der Waals surface area contributed by atoms with Crippen LogP contribution in [0.4, 0.5) is 47.3 Å². The second-order valence-corrected chi connectivity index (χ2v) is 18.9. The van der Waals surface area contributed by atoms with E-state index in [-0.39, 0.29) is 96.4 Å². The van der Waals surface area contributed by atoms with Gasteiger partial charge in [0.05, 0.1) is 81.8 Å². The average molecular weight is 981 g/mol. The number of guanidine groups is 1. The number of carbonyl (C=O) groups is 4. The highest BCUT2D eigenvalue weighted by molar-refractivity contribution is 6.08. The highest BCUT2D eigenvalue weighted by atomic mass is 19.4. The second kappa shape index (κ2) is 18.3. The standard InChI is InChI=1S/C51H50F6N10O4/c1-4-49(2,3)33-17-15-32(16-18-33)43-41-39(67(48(71)61-43)37-10-6-8-35(26-37)51(55,56)57)29-65(45(41)69)24-22-63-20-19-62(46(63)59)21-23-64-28-38-40(44(64)68)42(31-13-11-30(27-58)12-14-31)60-47(70)66(38)36-9-5-7-34(25-36)50(52,53)54/h5-15,17-18,25-26,32,42-43,59H,4,16,19-24,28-29H2,1-3H3,(H,60,70)(H,61,71)/t32?,42-,43-/m1/s1. The lowest BCUT2D eigenvalue weighted by Crippen LogP contribution is -2.54. The SMILES string of the molecule is CCC(C)(C)C1=CCC([C@H]2NC(=O)N(c3cccc(C(F)(F)F)c3)C3=C2C(=O)N(CCN2CCN(CCN4CC5=C(C4=O)[C@@H](c4ccc(C#N)cc4)NC(=O)N5c4cccc(C(F)(F)F)c4)C2=N)C3)C=C1. The van der Waals surface area contributed by atoms with Gasteiger partial charge in [-0.3, -0.25) is 24.8 Å². The average Bonchev–Trinajstić information content (AvgIpc) is 3.99. The number of benzene rings is 3. The van der Waals surface area contributed by atoms with Gasteiger partial charge >= 0.3 is 24.4 Å². The van der Waals surface area contributed by atoms with Crippen LogP contribution in [0.1, 0.15) is 61.9 Å². The highest BCUT2D eigenvalue weighted by Gasteiger charge is 2.48. The monoisotopic (exact) mass is 980 g/mol. The van der Waals surface area contributed by atoms with E-state index in [0.29, 0.717) is 30.6 Å². The summed E-state index contributed by atoms with van der Waals surface area (Å²) in [6.07, 6.45) is -1.86. The zero-order valence-corrected chi connectivity index (χ0v) is 39.0. The van der Waals surface area contributed by atoms with E-state index in [2.05, 4.69) is 37.5 Å². The summed E-state index contributed by atoms with van der Waals surface area (Å²) < 4.78 is 83.2. The van der Waals surface area contributed by atoms with Crippen molar-refractivity contribution < 1.29 is 45.5 Å². The molecule has 5 aliphatic heterocycles. The second-order valence-electron chi connectivity index (χ2n) is 18.9. The van der Waals surface area contributed by atoms with Crippen LogP contribution in [-0.2, 0) is 21.9 Å². The van der Waals surface area contributed by atoms with Gasteiger partial charge in [0.1, 0.15) is 0 Å². The molecule has 6 amide bonds. The lowest BCUT2D eigenvalue weighted by atomic mass is 9.76. The number of hydrogen-bond acceptors (Lipinski definition) is 6. The molecular weight excluding hydrogens is 931 g/mol. The quantitative estimate of drug-likeness (QED) is 0.155. The van der Waals surface area contributed by atoms with E-state index < -0.39 is 53.5 Å². The van der Waals surface area contributed by atoms with Gasteiger partial charge in [0.25, 0.3) is 11.8 Å². The van der Waals surface area contributed by atoms with Crippen LogP contribution in [0.3, 0.4) is 0 Å². The number of nitriles is 1. The van der Waals surface area contributed by atoms with Crippen molar-refractivity contribution >= 4 is 41.2 Å². The van der Waals surface area contributed by atoms with Crippen molar-refractivity contribution in [1.82, 2.24) is 30.2 Å². The number of carbonyl (C=O) groups excluding carboxylic acids is 4. The molecule has 0 saturated carbocycles. The number of amides is 6. The maximum absolute atomic E-state index is 14.5. The third-order valence-corrected chi connectivity index (χ3v) is 14.4. The number of hydrogen-bond donors (Lipinski definition) is 3. The van der Waals surface area contributed by atoms with E-state index in [9.17, 15) is 50.8 Å². The number of nitrogens with zero attached hydrogens (tertiary/aromatic N) is 7. The van der Waals surface area contributed by atoms with Gasteiger partial charge in [0, 0.05) is 45.2 Å². The Hall–Kier alpha value is -7.56. The van der Waals surface area contributed by atoms with Gasteiger partial charge in [0.15, 0.2) is 5.96 Å². The van der Waals surface area contributed by atoms with E-state index >= 15 is 0 Å². The number of alkyl halides is 6. The van der Waals surface area contributed by atoms with Crippen molar-refractivity contribution in [3.63, 3.8) is 0 Å². The number of halogens is 6. The Kier molecular flexibility index (Phi) is 12.5. The Morgan fingerprint density at radius 1 is 0.704 bits per heavy atom. The predicted octanol–water partition coefficient (Wildman–Crippen LogP) is 8.15. The fraction of sp³-hybridized carbons (Fsp3) is 0.373. The summed E-state index contributed by atoms with van der Waals surface area (Å²) in [5.41, 5.74) is 0.753. The van der Waals surface area contributed by atoms with Crippen molar-refractivity contribution in [2.45, 2.75) is 58.0 Å². The topological polar surface area (TPSA) is 159 Å². The summed E-state index contributed by atoms with van der Waals surface area (Å²) in [5, 5.41) is 24.2. The van der Waals surface area contributed by atoms with E-state index in [0.717, 1.165) is 46.1 Å². The molecule has 3 N–H and O–H groups in total. The van der Waals surface area contributed by atoms with E-state index in [1.165, 1.54) is 46.2 Å². The van der Waals surface area contributed by atoms with Gasteiger partial charge in [-0.05, 0) is 77.9 Å². The van der Waals surface area contributed by atoms with Gasteiger partial charge in [-0.15, -0.1) is 0 Å². The van der Waals surface area contributed by atoms with Gasteiger partial charge in [-0.2, -0.15) is 31.6 Å².